The molecule has 1 heterocycles. The quantitative estimate of drug-likeness (QED) is 0.798. The van der Waals surface area contributed by atoms with Gasteiger partial charge in [0.15, 0.2) is 0 Å². The van der Waals surface area contributed by atoms with E-state index in [-0.39, 0.29) is 0 Å². The molecular formula is C14H28N2. The zero-order valence-corrected chi connectivity index (χ0v) is 10.8. The molecule has 2 aliphatic rings. The highest BCUT2D eigenvalue weighted by Gasteiger charge is 2.21. The van der Waals surface area contributed by atoms with E-state index < -0.39 is 0 Å². The molecule has 0 radical (unpaired) electrons. The summed E-state index contributed by atoms with van der Waals surface area (Å²) in [5.41, 5.74) is 5.93. The van der Waals surface area contributed by atoms with Crippen LogP contribution in [0.25, 0.3) is 0 Å². The first-order chi connectivity index (χ1) is 7.74. The Morgan fingerprint density at radius 3 is 2.56 bits per heavy atom. The van der Waals surface area contributed by atoms with E-state index in [1.807, 2.05) is 0 Å². The molecule has 1 aliphatic heterocycles. The Bertz CT molecular complexity index is 197. The fraction of sp³-hybridized carbons (Fsp3) is 1.00. The minimum absolute atomic E-state index is 0.478. The second-order valence-corrected chi connectivity index (χ2v) is 6.11. The van der Waals surface area contributed by atoms with Crippen LogP contribution < -0.4 is 5.73 Å². The van der Waals surface area contributed by atoms with Gasteiger partial charge in [-0.1, -0.05) is 26.2 Å². The summed E-state index contributed by atoms with van der Waals surface area (Å²) in [7, 11) is 0. The summed E-state index contributed by atoms with van der Waals surface area (Å²) < 4.78 is 0. The van der Waals surface area contributed by atoms with Crippen LogP contribution in [0.1, 0.15) is 51.9 Å². The number of rotatable bonds is 3. The Kier molecular flexibility index (Phi) is 4.66. The molecule has 2 atom stereocenters. The molecule has 0 aromatic heterocycles. The molecule has 0 aromatic carbocycles. The molecule has 1 saturated heterocycles. The molecule has 0 aromatic rings. The van der Waals surface area contributed by atoms with Gasteiger partial charge in [-0.25, -0.2) is 0 Å². The van der Waals surface area contributed by atoms with E-state index in [1.54, 1.807) is 0 Å². The van der Waals surface area contributed by atoms with E-state index in [9.17, 15) is 0 Å². The van der Waals surface area contributed by atoms with Gasteiger partial charge in [0.25, 0.3) is 0 Å². The van der Waals surface area contributed by atoms with Crippen molar-refractivity contribution in [3.63, 3.8) is 0 Å². The zero-order valence-electron chi connectivity index (χ0n) is 10.8. The lowest BCUT2D eigenvalue weighted by Crippen LogP contribution is -2.40. The predicted molar refractivity (Wildman–Crippen MR) is 69.4 cm³/mol. The van der Waals surface area contributed by atoms with E-state index >= 15 is 0 Å². The number of nitrogens with two attached hydrogens (primary N) is 1. The lowest BCUT2D eigenvalue weighted by Gasteiger charge is -2.33. The van der Waals surface area contributed by atoms with Crippen LogP contribution >= 0.6 is 0 Å². The van der Waals surface area contributed by atoms with Crippen molar-refractivity contribution in [3.8, 4) is 0 Å². The normalized spacial score (nSPS) is 34.1. The summed E-state index contributed by atoms with van der Waals surface area (Å²) in [5, 5.41) is 0. The van der Waals surface area contributed by atoms with Gasteiger partial charge in [-0.2, -0.15) is 0 Å². The van der Waals surface area contributed by atoms with Gasteiger partial charge in [0, 0.05) is 6.04 Å². The van der Waals surface area contributed by atoms with Gasteiger partial charge >= 0.3 is 0 Å². The first-order valence-electron chi connectivity index (χ1n) is 7.22. The lowest BCUT2D eigenvalue weighted by molar-refractivity contribution is 0.180. The SMILES string of the molecule is CC1CCCC(CCN2CCC(N)CC2)C1. The summed E-state index contributed by atoms with van der Waals surface area (Å²) in [4.78, 5) is 2.63. The van der Waals surface area contributed by atoms with Gasteiger partial charge in [0.2, 0.25) is 0 Å². The fourth-order valence-electron chi connectivity index (χ4n) is 3.36. The molecule has 1 saturated carbocycles. The van der Waals surface area contributed by atoms with E-state index in [0.717, 1.165) is 11.8 Å². The van der Waals surface area contributed by atoms with Crippen molar-refractivity contribution in [1.82, 2.24) is 4.90 Å². The van der Waals surface area contributed by atoms with Crippen molar-refractivity contribution in [2.24, 2.45) is 17.6 Å². The average molecular weight is 224 g/mol. The molecular weight excluding hydrogens is 196 g/mol. The zero-order chi connectivity index (χ0) is 11.4. The fourth-order valence-corrected chi connectivity index (χ4v) is 3.36. The molecule has 0 spiro atoms. The Hall–Kier alpha value is -0.0800. The first kappa shape index (κ1) is 12.4. The molecule has 2 fully saturated rings. The van der Waals surface area contributed by atoms with Crippen molar-refractivity contribution in [2.45, 2.75) is 57.9 Å². The summed E-state index contributed by atoms with van der Waals surface area (Å²) in [6.45, 7) is 6.23. The van der Waals surface area contributed by atoms with E-state index in [0.29, 0.717) is 6.04 Å². The molecule has 2 N–H and O–H groups in total. The number of hydrogen-bond acceptors (Lipinski definition) is 2. The average Bonchev–Trinajstić information content (AvgIpc) is 2.28. The van der Waals surface area contributed by atoms with Gasteiger partial charge < -0.3 is 10.6 Å². The third-order valence-electron chi connectivity index (χ3n) is 4.53. The topological polar surface area (TPSA) is 29.3 Å². The second kappa shape index (κ2) is 6.02. The highest BCUT2D eigenvalue weighted by molar-refractivity contribution is 4.76. The summed E-state index contributed by atoms with van der Waals surface area (Å²) in [5.74, 6) is 1.99. The van der Waals surface area contributed by atoms with Gasteiger partial charge in [-0.3, -0.25) is 0 Å². The van der Waals surface area contributed by atoms with E-state index in [1.165, 1.54) is 64.6 Å². The molecule has 2 heteroatoms. The monoisotopic (exact) mass is 224 g/mol. The van der Waals surface area contributed by atoms with Crippen LogP contribution in [-0.2, 0) is 0 Å². The first-order valence-corrected chi connectivity index (χ1v) is 7.22. The Morgan fingerprint density at radius 1 is 1.12 bits per heavy atom. The highest BCUT2D eigenvalue weighted by Crippen LogP contribution is 2.30. The van der Waals surface area contributed by atoms with Crippen LogP contribution in [0.5, 0.6) is 0 Å². The van der Waals surface area contributed by atoms with Crippen molar-refractivity contribution in [2.75, 3.05) is 19.6 Å². The third kappa shape index (κ3) is 3.74. The third-order valence-corrected chi connectivity index (χ3v) is 4.53. The van der Waals surface area contributed by atoms with Crippen molar-refractivity contribution < 1.29 is 0 Å². The Morgan fingerprint density at radius 2 is 1.88 bits per heavy atom. The van der Waals surface area contributed by atoms with Crippen LogP contribution in [0.3, 0.4) is 0 Å². The van der Waals surface area contributed by atoms with Gasteiger partial charge in [0.1, 0.15) is 0 Å². The van der Waals surface area contributed by atoms with E-state index in [4.69, 9.17) is 5.73 Å². The minimum atomic E-state index is 0.478. The van der Waals surface area contributed by atoms with E-state index in [2.05, 4.69) is 11.8 Å². The van der Waals surface area contributed by atoms with Crippen LogP contribution in [0.2, 0.25) is 0 Å². The number of nitrogens with zero attached hydrogens (tertiary/aromatic N) is 1. The molecule has 2 unspecified atom stereocenters. The number of piperidine rings is 1. The summed E-state index contributed by atoms with van der Waals surface area (Å²) >= 11 is 0. The molecule has 1 aliphatic carbocycles. The Labute approximate surface area is 101 Å². The molecule has 94 valence electrons. The lowest BCUT2D eigenvalue weighted by atomic mass is 9.81. The smallest absolute Gasteiger partial charge is 0.00631 e. The summed E-state index contributed by atoms with van der Waals surface area (Å²) in [6.07, 6.45) is 9.75. The highest BCUT2D eigenvalue weighted by atomic mass is 15.1. The minimum Gasteiger partial charge on any atom is -0.328 e. The van der Waals surface area contributed by atoms with Gasteiger partial charge in [0.05, 0.1) is 0 Å². The van der Waals surface area contributed by atoms with Gasteiger partial charge in [-0.15, -0.1) is 0 Å². The Balaban J connectivity index is 1.63. The van der Waals surface area contributed by atoms with Gasteiger partial charge in [-0.05, 0) is 57.2 Å². The van der Waals surface area contributed by atoms with Crippen LogP contribution in [0.15, 0.2) is 0 Å². The number of likely N-dealkylation sites (tertiary alicyclic amines) is 1. The molecule has 2 nitrogen and oxygen atoms in total. The second-order valence-electron chi connectivity index (χ2n) is 6.11. The summed E-state index contributed by atoms with van der Waals surface area (Å²) in [6, 6.07) is 0.478. The maximum Gasteiger partial charge on any atom is 0.00631 e. The maximum atomic E-state index is 5.93. The molecule has 0 bridgehead atoms. The van der Waals surface area contributed by atoms with Crippen LogP contribution in [0, 0.1) is 11.8 Å². The van der Waals surface area contributed by atoms with Crippen molar-refractivity contribution >= 4 is 0 Å². The van der Waals surface area contributed by atoms with Crippen LogP contribution in [0.4, 0.5) is 0 Å². The maximum absolute atomic E-state index is 5.93. The predicted octanol–water partition coefficient (Wildman–Crippen LogP) is 2.63. The molecule has 16 heavy (non-hydrogen) atoms. The molecule has 2 rings (SSSR count). The van der Waals surface area contributed by atoms with Crippen LogP contribution in [-0.4, -0.2) is 30.6 Å². The standard InChI is InChI=1S/C14H28N2/c1-12-3-2-4-13(11-12)5-8-16-9-6-14(15)7-10-16/h12-14H,2-11,15H2,1H3. The number of hydrogen-bond donors (Lipinski definition) is 1. The van der Waals surface area contributed by atoms with Crippen molar-refractivity contribution in [3.05, 3.63) is 0 Å². The van der Waals surface area contributed by atoms with Crippen molar-refractivity contribution in [1.29, 1.82) is 0 Å². The molecule has 0 amide bonds. The largest absolute Gasteiger partial charge is 0.328 e.